The summed E-state index contributed by atoms with van der Waals surface area (Å²) in [6, 6.07) is 2.97. The first-order chi connectivity index (χ1) is 15.3. The summed E-state index contributed by atoms with van der Waals surface area (Å²) >= 11 is 0. The van der Waals surface area contributed by atoms with Gasteiger partial charge in [0, 0.05) is 37.9 Å². The highest BCUT2D eigenvalue weighted by Gasteiger charge is 2.58. The van der Waals surface area contributed by atoms with E-state index in [0.29, 0.717) is 55.7 Å². The van der Waals surface area contributed by atoms with Gasteiger partial charge in [-0.1, -0.05) is 19.0 Å². The van der Waals surface area contributed by atoms with E-state index in [1.165, 1.54) is 18.3 Å². The van der Waals surface area contributed by atoms with Crippen molar-refractivity contribution in [2.45, 2.75) is 63.3 Å². The van der Waals surface area contributed by atoms with E-state index >= 15 is 0 Å². The first-order valence-electron chi connectivity index (χ1n) is 11.0. The van der Waals surface area contributed by atoms with Gasteiger partial charge < -0.3 is 19.1 Å². The van der Waals surface area contributed by atoms with Crippen LogP contribution in [0.4, 0.5) is 8.78 Å². The molecule has 0 saturated carbocycles. The Hall–Kier alpha value is -2.81. The number of nitrogens with zero attached hydrogens (tertiary/aromatic N) is 3. The largest absolute Gasteiger partial charge is 0.360 e. The minimum absolute atomic E-state index is 0.0316. The molecule has 0 N–H and O–H groups in total. The van der Waals surface area contributed by atoms with Crippen LogP contribution in [-0.4, -0.2) is 51.7 Å². The summed E-state index contributed by atoms with van der Waals surface area (Å²) in [5.41, 5.74) is -0.106. The van der Waals surface area contributed by atoms with Gasteiger partial charge >= 0.3 is 0 Å². The van der Waals surface area contributed by atoms with Gasteiger partial charge in [0.2, 0.25) is 0 Å². The van der Waals surface area contributed by atoms with E-state index in [9.17, 15) is 18.4 Å². The molecule has 7 nitrogen and oxygen atoms in total. The Morgan fingerprint density at radius 2 is 1.84 bits per heavy atom. The van der Waals surface area contributed by atoms with Crippen molar-refractivity contribution < 1.29 is 27.6 Å². The fraction of sp³-hybridized carbons (Fsp3) is 0.522. The topological polar surface area (TPSA) is 75.9 Å². The van der Waals surface area contributed by atoms with Gasteiger partial charge in [-0.3, -0.25) is 9.59 Å². The molecule has 3 aliphatic heterocycles. The number of carbonyl (C=O) groups excluding carboxylic acids is 2. The molecule has 2 atom stereocenters. The Bertz CT molecular complexity index is 1040. The summed E-state index contributed by atoms with van der Waals surface area (Å²) in [6.07, 6.45) is 2.97. The number of benzene rings is 1. The zero-order valence-corrected chi connectivity index (χ0v) is 18.0. The molecule has 32 heavy (non-hydrogen) atoms. The molecular weight excluding hydrogens is 420 g/mol. The van der Waals surface area contributed by atoms with Crippen molar-refractivity contribution in [3.8, 4) is 0 Å². The Balaban J connectivity index is 1.31. The smallest absolute Gasteiger partial charge is 0.259 e. The molecule has 0 aliphatic carbocycles. The SMILES string of the molecule is CC(C)c1oncc1C(=O)N1CCC2(CC1)OC1CCC(c3cc(F)cc(F)c3)N1C2=O. The minimum atomic E-state index is -0.999. The standard InChI is InChI=1S/C23H25F2N3O4/c1-13(2)20-17(12-26-32-20)21(29)27-7-5-23(6-8-27)22(30)28-18(3-4-19(28)31-23)14-9-15(24)11-16(25)10-14/h9-13,18-19H,3-8H2,1-2H3. The van der Waals surface area contributed by atoms with E-state index in [1.54, 1.807) is 9.80 Å². The zero-order valence-electron chi connectivity index (χ0n) is 18.0. The molecule has 5 rings (SSSR count). The number of hydrogen-bond acceptors (Lipinski definition) is 5. The van der Waals surface area contributed by atoms with E-state index in [4.69, 9.17) is 9.26 Å². The highest BCUT2D eigenvalue weighted by atomic mass is 19.1. The van der Waals surface area contributed by atoms with Gasteiger partial charge in [0.25, 0.3) is 11.8 Å². The molecule has 0 radical (unpaired) electrons. The second-order valence-corrected chi connectivity index (χ2v) is 9.13. The Kier molecular flexibility index (Phi) is 5.03. The van der Waals surface area contributed by atoms with Crippen LogP contribution in [0.5, 0.6) is 0 Å². The normalized spacial score (nSPS) is 24.6. The number of ether oxygens (including phenoxy) is 1. The van der Waals surface area contributed by atoms with Crippen LogP contribution in [0.25, 0.3) is 0 Å². The lowest BCUT2D eigenvalue weighted by molar-refractivity contribution is -0.142. The van der Waals surface area contributed by atoms with E-state index in [1.807, 2.05) is 13.8 Å². The fourth-order valence-electron chi connectivity index (χ4n) is 5.21. The lowest BCUT2D eigenvalue weighted by Gasteiger charge is -2.37. The number of aromatic nitrogens is 1. The molecule has 0 bridgehead atoms. The number of piperidine rings is 1. The van der Waals surface area contributed by atoms with E-state index in [2.05, 4.69) is 5.16 Å². The summed E-state index contributed by atoms with van der Waals surface area (Å²) in [5, 5.41) is 3.77. The molecule has 170 valence electrons. The van der Waals surface area contributed by atoms with Gasteiger partial charge in [-0.25, -0.2) is 8.78 Å². The maximum absolute atomic E-state index is 13.8. The lowest BCUT2D eigenvalue weighted by atomic mass is 9.89. The summed E-state index contributed by atoms with van der Waals surface area (Å²) in [5.74, 6) is -1.06. The maximum Gasteiger partial charge on any atom is 0.259 e. The quantitative estimate of drug-likeness (QED) is 0.719. The number of likely N-dealkylation sites (tertiary alicyclic amines) is 1. The minimum Gasteiger partial charge on any atom is -0.360 e. The zero-order chi connectivity index (χ0) is 22.6. The van der Waals surface area contributed by atoms with Gasteiger partial charge in [0.1, 0.15) is 23.4 Å². The molecule has 3 fully saturated rings. The predicted octanol–water partition coefficient (Wildman–Crippen LogP) is 3.77. The summed E-state index contributed by atoms with van der Waals surface area (Å²) in [4.78, 5) is 29.8. The number of halogens is 2. The second-order valence-electron chi connectivity index (χ2n) is 9.13. The van der Waals surface area contributed by atoms with Gasteiger partial charge in [0.15, 0.2) is 11.4 Å². The maximum atomic E-state index is 13.8. The molecule has 2 amide bonds. The summed E-state index contributed by atoms with van der Waals surface area (Å²) in [7, 11) is 0. The van der Waals surface area contributed by atoms with Crippen molar-refractivity contribution in [2.75, 3.05) is 13.1 Å². The number of amides is 2. The molecular formula is C23H25F2N3O4. The number of rotatable bonds is 3. The van der Waals surface area contributed by atoms with Crippen molar-refractivity contribution in [1.29, 1.82) is 0 Å². The van der Waals surface area contributed by atoms with Crippen LogP contribution >= 0.6 is 0 Å². The van der Waals surface area contributed by atoms with E-state index < -0.39 is 29.5 Å². The van der Waals surface area contributed by atoms with Crippen LogP contribution in [0.15, 0.2) is 28.9 Å². The van der Waals surface area contributed by atoms with Gasteiger partial charge in [-0.15, -0.1) is 0 Å². The third-order valence-corrected chi connectivity index (χ3v) is 6.80. The number of carbonyl (C=O) groups is 2. The van der Waals surface area contributed by atoms with Crippen LogP contribution in [0.3, 0.4) is 0 Å². The van der Waals surface area contributed by atoms with Crippen molar-refractivity contribution in [2.24, 2.45) is 0 Å². The van der Waals surface area contributed by atoms with Crippen LogP contribution in [-0.2, 0) is 9.53 Å². The molecule has 4 heterocycles. The Labute approximate surface area is 184 Å². The number of hydrogen-bond donors (Lipinski definition) is 0. The Morgan fingerprint density at radius 1 is 1.16 bits per heavy atom. The van der Waals surface area contributed by atoms with Gasteiger partial charge in [-0.2, -0.15) is 0 Å². The third kappa shape index (κ3) is 3.30. The van der Waals surface area contributed by atoms with Crippen molar-refractivity contribution in [1.82, 2.24) is 15.0 Å². The lowest BCUT2D eigenvalue weighted by Crippen LogP contribution is -2.51. The first-order valence-corrected chi connectivity index (χ1v) is 11.0. The average Bonchev–Trinajstić information content (AvgIpc) is 3.44. The van der Waals surface area contributed by atoms with Gasteiger partial charge in [-0.05, 0) is 30.5 Å². The highest BCUT2D eigenvalue weighted by molar-refractivity contribution is 5.95. The third-order valence-electron chi connectivity index (χ3n) is 6.80. The number of fused-ring (bicyclic) bond motifs is 1. The van der Waals surface area contributed by atoms with Crippen molar-refractivity contribution in [3.05, 3.63) is 52.9 Å². The van der Waals surface area contributed by atoms with Crippen molar-refractivity contribution in [3.63, 3.8) is 0 Å². The second kappa shape index (κ2) is 7.65. The molecule has 9 heteroatoms. The van der Waals surface area contributed by atoms with Crippen molar-refractivity contribution >= 4 is 11.8 Å². The van der Waals surface area contributed by atoms with Gasteiger partial charge in [0.05, 0.1) is 12.2 Å². The van der Waals surface area contributed by atoms with Crippen LogP contribution in [0, 0.1) is 11.6 Å². The summed E-state index contributed by atoms with van der Waals surface area (Å²) in [6.45, 7) is 4.60. The fourth-order valence-corrected chi connectivity index (χ4v) is 5.21. The van der Waals surface area contributed by atoms with E-state index in [0.717, 1.165) is 6.07 Å². The molecule has 2 unspecified atom stereocenters. The average molecular weight is 445 g/mol. The van der Waals surface area contributed by atoms with Crippen LogP contribution < -0.4 is 0 Å². The molecule has 1 aromatic carbocycles. The predicted molar refractivity (Wildman–Crippen MR) is 109 cm³/mol. The first kappa shape index (κ1) is 21.1. The van der Waals surface area contributed by atoms with Crippen LogP contribution in [0.2, 0.25) is 0 Å². The molecule has 3 saturated heterocycles. The monoisotopic (exact) mass is 445 g/mol. The van der Waals surface area contributed by atoms with E-state index in [-0.39, 0.29) is 17.7 Å². The summed E-state index contributed by atoms with van der Waals surface area (Å²) < 4.78 is 39.0. The molecule has 2 aromatic rings. The molecule has 3 aliphatic rings. The molecule has 1 aromatic heterocycles. The molecule has 1 spiro atoms. The Morgan fingerprint density at radius 3 is 2.50 bits per heavy atom. The van der Waals surface area contributed by atoms with Crippen LogP contribution in [0.1, 0.15) is 73.2 Å². The highest BCUT2D eigenvalue weighted by Crippen LogP contribution is 2.47.